The third-order valence-electron chi connectivity index (χ3n) is 18.4. The second-order valence-corrected chi connectivity index (χ2v) is 26.7. The molecule has 6 nitrogen and oxygen atoms in total. The highest BCUT2D eigenvalue weighted by Gasteiger charge is 2.20. The lowest BCUT2D eigenvalue weighted by molar-refractivity contribution is -0.143. The van der Waals surface area contributed by atoms with E-state index in [1.807, 2.05) is 0 Å². The maximum atomic E-state index is 12.6. The van der Waals surface area contributed by atoms with Crippen LogP contribution in [0.2, 0.25) is 0 Å². The van der Waals surface area contributed by atoms with Gasteiger partial charge in [0.1, 0.15) is 0 Å². The highest BCUT2D eigenvalue weighted by molar-refractivity contribution is 5.76. The van der Waals surface area contributed by atoms with Crippen molar-refractivity contribution in [1.29, 1.82) is 0 Å². The van der Waals surface area contributed by atoms with Crippen molar-refractivity contribution in [2.24, 2.45) is 0 Å². The lowest BCUT2D eigenvalue weighted by Crippen LogP contribution is -2.45. The Morgan fingerprint density at radius 2 is 0.500 bits per heavy atom. The minimum Gasteiger partial charge on any atom is -0.466 e. The number of hydrogen-bond donors (Lipinski definition) is 3. The van der Waals surface area contributed by atoms with Crippen molar-refractivity contribution in [2.45, 2.75) is 463 Å². The van der Waals surface area contributed by atoms with Gasteiger partial charge in [0.2, 0.25) is 5.91 Å². The van der Waals surface area contributed by atoms with Crippen LogP contribution in [0.1, 0.15) is 450 Å². The first-order valence-electron chi connectivity index (χ1n) is 38.3. The molecule has 0 bridgehead atoms. The van der Waals surface area contributed by atoms with Crippen LogP contribution >= 0.6 is 0 Å². The van der Waals surface area contributed by atoms with Crippen LogP contribution in [-0.2, 0) is 14.3 Å². The predicted molar refractivity (Wildman–Crippen MR) is 361 cm³/mol. The van der Waals surface area contributed by atoms with E-state index in [2.05, 4.69) is 19.2 Å². The lowest BCUT2D eigenvalue weighted by atomic mass is 10.0. The van der Waals surface area contributed by atoms with Gasteiger partial charge in [0.05, 0.1) is 25.4 Å². The lowest BCUT2D eigenvalue weighted by Gasteiger charge is -2.22. The number of rotatable bonds is 73. The predicted octanol–water partition coefficient (Wildman–Crippen LogP) is 24.9. The number of aliphatic hydroxyl groups is 2. The molecule has 0 aromatic heterocycles. The second kappa shape index (κ2) is 72.3. The first-order valence-corrected chi connectivity index (χ1v) is 38.3. The van der Waals surface area contributed by atoms with Gasteiger partial charge in [-0.2, -0.15) is 0 Å². The van der Waals surface area contributed by atoms with Crippen molar-refractivity contribution in [1.82, 2.24) is 5.32 Å². The van der Waals surface area contributed by atoms with Crippen LogP contribution in [-0.4, -0.2) is 47.4 Å². The summed E-state index contributed by atoms with van der Waals surface area (Å²) in [7, 11) is 0. The van der Waals surface area contributed by atoms with E-state index < -0.39 is 12.1 Å². The molecule has 0 radical (unpaired) electrons. The highest BCUT2D eigenvalue weighted by Crippen LogP contribution is 2.20. The minimum absolute atomic E-state index is 0.0238. The molecule has 0 aromatic carbocycles. The Hall–Kier alpha value is -1.14. The topological polar surface area (TPSA) is 95.9 Å². The molecule has 2 unspecified atom stereocenters. The number of carbonyl (C=O) groups excluding carboxylic acids is 2. The van der Waals surface area contributed by atoms with Crippen molar-refractivity contribution >= 4 is 11.9 Å². The monoisotopic (exact) mass is 1160 g/mol. The van der Waals surface area contributed by atoms with Crippen molar-refractivity contribution in [3.8, 4) is 0 Å². The number of nitrogens with one attached hydrogen (secondary N) is 1. The summed E-state index contributed by atoms with van der Waals surface area (Å²) in [5.74, 6) is -0.00131. The molecule has 1 amide bonds. The Kier molecular flexibility index (Phi) is 71.3. The maximum absolute atomic E-state index is 12.6. The molecule has 2 atom stereocenters. The fourth-order valence-electron chi connectivity index (χ4n) is 12.6. The molecule has 0 rings (SSSR count). The average molecular weight is 1160 g/mol. The number of carbonyl (C=O) groups is 2. The molecule has 0 saturated carbocycles. The molecule has 3 N–H and O–H groups in total. The van der Waals surface area contributed by atoms with E-state index in [4.69, 9.17) is 4.74 Å². The molecule has 0 aliphatic heterocycles. The molecule has 6 heteroatoms. The Bertz CT molecular complexity index is 1200. The fourth-order valence-corrected chi connectivity index (χ4v) is 12.6. The zero-order valence-electron chi connectivity index (χ0n) is 56.3. The number of amides is 1. The fraction of sp³-hybridized carbons (Fsp3) is 0.974. The highest BCUT2D eigenvalue weighted by atomic mass is 16.5. The van der Waals surface area contributed by atoms with Crippen LogP contribution in [0.5, 0.6) is 0 Å². The molecule has 0 aliphatic carbocycles. The number of hydrogen-bond acceptors (Lipinski definition) is 5. The van der Waals surface area contributed by atoms with Crippen molar-refractivity contribution in [2.75, 3.05) is 13.2 Å². The summed E-state index contributed by atoms with van der Waals surface area (Å²) in [6, 6.07) is -0.538. The first-order chi connectivity index (χ1) is 40.5. The standard InChI is InChI=1S/C76H151NO5/c1-3-5-7-9-11-13-15-17-19-20-21-32-35-38-41-44-48-52-56-60-64-68-74(79)73(72-78)77-75(80)69-65-61-57-53-49-45-42-39-36-33-30-28-26-24-22-23-25-27-29-31-34-37-40-43-47-51-55-59-63-67-71-82-76(81)70-66-62-58-54-50-46-18-16-14-12-10-8-6-4-2/h73-74,78-79H,3-72H2,1-2H3,(H,77,80). The summed E-state index contributed by atoms with van der Waals surface area (Å²) >= 11 is 0. The van der Waals surface area contributed by atoms with E-state index in [1.54, 1.807) is 0 Å². The molecule has 0 heterocycles. The van der Waals surface area contributed by atoms with Crippen LogP contribution in [0.15, 0.2) is 0 Å². The van der Waals surface area contributed by atoms with Gasteiger partial charge < -0.3 is 20.3 Å². The van der Waals surface area contributed by atoms with Gasteiger partial charge in [-0.15, -0.1) is 0 Å². The Labute approximate surface area is 515 Å². The van der Waals surface area contributed by atoms with Gasteiger partial charge in [-0.3, -0.25) is 9.59 Å². The van der Waals surface area contributed by atoms with Gasteiger partial charge in [0, 0.05) is 12.8 Å². The number of ether oxygens (including phenoxy) is 1. The van der Waals surface area contributed by atoms with Crippen LogP contribution in [0.3, 0.4) is 0 Å². The number of unbranched alkanes of at least 4 members (excludes halogenated alkanes) is 62. The number of esters is 1. The quantitative estimate of drug-likeness (QED) is 0.0417. The van der Waals surface area contributed by atoms with Crippen molar-refractivity contribution in [3.63, 3.8) is 0 Å². The summed E-state index contributed by atoms with van der Waals surface area (Å²) in [4.78, 5) is 24.6. The number of aliphatic hydroxyl groups excluding tert-OH is 2. The van der Waals surface area contributed by atoms with E-state index in [-0.39, 0.29) is 18.5 Å². The van der Waals surface area contributed by atoms with E-state index in [1.165, 1.54) is 379 Å². The summed E-state index contributed by atoms with van der Waals surface area (Å²) in [5, 5.41) is 23.4. The SMILES string of the molecule is CCCCCCCCCCCCCCCCCCCCCCCC(O)C(CO)NC(=O)CCCCCCCCCCCCCCCCCCCCCCCCCCCCCCCCOC(=O)CCCCCCCCCCCCCCCC. The summed E-state index contributed by atoms with van der Waals surface area (Å²) < 4.78 is 5.50. The summed E-state index contributed by atoms with van der Waals surface area (Å²) in [5.41, 5.74) is 0. The molecule has 0 aliphatic rings. The molecular weight excluding hydrogens is 1010 g/mol. The van der Waals surface area contributed by atoms with Crippen molar-refractivity contribution < 1.29 is 24.5 Å². The minimum atomic E-state index is -0.662. The molecule has 0 aromatic rings. The van der Waals surface area contributed by atoms with E-state index in [9.17, 15) is 19.8 Å². The molecule has 0 fully saturated rings. The van der Waals surface area contributed by atoms with E-state index >= 15 is 0 Å². The van der Waals surface area contributed by atoms with Gasteiger partial charge in [-0.05, 0) is 25.7 Å². The molecule has 82 heavy (non-hydrogen) atoms. The molecule has 0 saturated heterocycles. The smallest absolute Gasteiger partial charge is 0.305 e. The van der Waals surface area contributed by atoms with Crippen molar-refractivity contribution in [3.05, 3.63) is 0 Å². The van der Waals surface area contributed by atoms with Gasteiger partial charge in [-0.25, -0.2) is 0 Å². The average Bonchev–Trinajstić information content (AvgIpc) is 3.48. The summed E-state index contributed by atoms with van der Waals surface area (Å²) in [6.45, 7) is 5.01. The molecule has 0 spiro atoms. The van der Waals surface area contributed by atoms with Gasteiger partial charge >= 0.3 is 5.97 Å². The van der Waals surface area contributed by atoms with Gasteiger partial charge in [-0.1, -0.05) is 412 Å². The Morgan fingerprint density at radius 3 is 0.744 bits per heavy atom. The Morgan fingerprint density at radius 1 is 0.293 bits per heavy atom. The zero-order valence-corrected chi connectivity index (χ0v) is 56.3. The van der Waals surface area contributed by atoms with Gasteiger partial charge in [0.15, 0.2) is 0 Å². The summed E-state index contributed by atoms with van der Waals surface area (Å²) in [6.07, 6.45) is 88.9. The molecule has 490 valence electrons. The van der Waals surface area contributed by atoms with Crippen LogP contribution in [0, 0.1) is 0 Å². The van der Waals surface area contributed by atoms with Crippen LogP contribution in [0.4, 0.5) is 0 Å². The van der Waals surface area contributed by atoms with E-state index in [0.29, 0.717) is 25.9 Å². The van der Waals surface area contributed by atoms with E-state index in [0.717, 1.165) is 38.5 Å². The second-order valence-electron chi connectivity index (χ2n) is 26.7. The zero-order chi connectivity index (χ0) is 59.2. The third-order valence-corrected chi connectivity index (χ3v) is 18.4. The van der Waals surface area contributed by atoms with Crippen LogP contribution < -0.4 is 5.32 Å². The molecular formula is C76H151NO5. The maximum Gasteiger partial charge on any atom is 0.305 e. The van der Waals surface area contributed by atoms with Gasteiger partial charge in [0.25, 0.3) is 0 Å². The third kappa shape index (κ3) is 68.0. The largest absolute Gasteiger partial charge is 0.466 e. The normalized spacial score (nSPS) is 12.4. The first kappa shape index (κ1) is 80.9. The van der Waals surface area contributed by atoms with Crippen LogP contribution in [0.25, 0.3) is 0 Å². The Balaban J connectivity index is 3.32.